The van der Waals surface area contributed by atoms with E-state index in [-0.39, 0.29) is 0 Å². The number of rotatable bonds is 5. The highest BCUT2D eigenvalue weighted by atomic mass is 79.9. The van der Waals surface area contributed by atoms with Crippen molar-refractivity contribution in [2.24, 2.45) is 4.99 Å². The fourth-order valence-corrected chi connectivity index (χ4v) is 2.31. The first-order valence-corrected chi connectivity index (χ1v) is 8.04. The molecule has 18 heavy (non-hydrogen) atoms. The minimum atomic E-state index is 0.790. The molecule has 0 atom stereocenters. The smallest absolute Gasteiger partial charge is 0.191 e. The summed E-state index contributed by atoms with van der Waals surface area (Å²) < 4.78 is 1.12. The first kappa shape index (κ1) is 15.4. The summed E-state index contributed by atoms with van der Waals surface area (Å²) in [6.45, 7) is 3.84. The molecule has 2 N–H and O–H groups in total. The Labute approximate surface area is 122 Å². The van der Waals surface area contributed by atoms with Crippen LogP contribution >= 0.6 is 27.7 Å². The van der Waals surface area contributed by atoms with E-state index in [0.717, 1.165) is 29.3 Å². The molecule has 100 valence electrons. The van der Waals surface area contributed by atoms with E-state index >= 15 is 0 Å². The molecule has 0 bridgehead atoms. The van der Waals surface area contributed by atoms with Crippen LogP contribution in [-0.4, -0.2) is 31.6 Å². The van der Waals surface area contributed by atoms with E-state index in [2.05, 4.69) is 62.9 Å². The molecule has 0 heterocycles. The molecule has 0 aliphatic heterocycles. The highest BCUT2D eigenvalue weighted by Gasteiger charge is 2.01. The van der Waals surface area contributed by atoms with Gasteiger partial charge in [-0.15, -0.1) is 0 Å². The Kier molecular flexibility index (Phi) is 7.20. The number of nitrogens with zero attached hydrogens (tertiary/aromatic N) is 1. The van der Waals surface area contributed by atoms with Crippen molar-refractivity contribution >= 4 is 33.7 Å². The Morgan fingerprint density at radius 2 is 2.17 bits per heavy atom. The van der Waals surface area contributed by atoms with E-state index in [9.17, 15) is 0 Å². The lowest BCUT2D eigenvalue weighted by Gasteiger charge is -2.13. The zero-order chi connectivity index (χ0) is 13.4. The number of halogens is 1. The van der Waals surface area contributed by atoms with Gasteiger partial charge < -0.3 is 10.6 Å². The lowest BCUT2D eigenvalue weighted by molar-refractivity contribution is 0.829. The Balaban J connectivity index is 2.47. The SMILES string of the molecule is CN=C(NCCSC)NCc1ccc(Br)cc1C. The zero-order valence-corrected chi connectivity index (χ0v) is 13.5. The van der Waals surface area contributed by atoms with E-state index in [1.165, 1.54) is 11.1 Å². The normalized spacial score (nSPS) is 11.4. The Bertz CT molecular complexity index is 407. The van der Waals surface area contributed by atoms with E-state index in [1.807, 2.05) is 11.8 Å². The molecule has 0 spiro atoms. The van der Waals surface area contributed by atoms with Crippen LogP contribution in [0.2, 0.25) is 0 Å². The summed E-state index contributed by atoms with van der Waals surface area (Å²) in [6.07, 6.45) is 2.10. The number of hydrogen-bond donors (Lipinski definition) is 2. The average molecular weight is 330 g/mol. The molecule has 0 saturated heterocycles. The van der Waals surface area contributed by atoms with E-state index in [1.54, 1.807) is 7.05 Å². The molecule has 1 aromatic rings. The number of nitrogens with one attached hydrogen (secondary N) is 2. The van der Waals surface area contributed by atoms with Crippen molar-refractivity contribution in [3.05, 3.63) is 33.8 Å². The second kappa shape index (κ2) is 8.43. The van der Waals surface area contributed by atoms with Crippen LogP contribution in [0.25, 0.3) is 0 Å². The number of aliphatic imine (C=N–C) groups is 1. The molecule has 0 aliphatic rings. The third kappa shape index (κ3) is 5.31. The molecule has 0 aliphatic carbocycles. The van der Waals surface area contributed by atoms with Gasteiger partial charge in [0.15, 0.2) is 5.96 Å². The maximum absolute atomic E-state index is 4.20. The average Bonchev–Trinajstić information content (AvgIpc) is 2.35. The van der Waals surface area contributed by atoms with Crippen molar-refractivity contribution in [1.82, 2.24) is 10.6 Å². The van der Waals surface area contributed by atoms with Gasteiger partial charge in [-0.05, 0) is 36.4 Å². The first-order chi connectivity index (χ1) is 8.67. The summed E-state index contributed by atoms with van der Waals surface area (Å²) in [5.41, 5.74) is 2.56. The lowest BCUT2D eigenvalue weighted by atomic mass is 10.1. The summed E-state index contributed by atoms with van der Waals surface area (Å²) in [6, 6.07) is 6.32. The highest BCUT2D eigenvalue weighted by Crippen LogP contribution is 2.15. The van der Waals surface area contributed by atoms with Gasteiger partial charge >= 0.3 is 0 Å². The Morgan fingerprint density at radius 1 is 1.39 bits per heavy atom. The van der Waals surface area contributed by atoms with Gasteiger partial charge in [0.2, 0.25) is 0 Å². The summed E-state index contributed by atoms with van der Waals surface area (Å²) >= 11 is 5.30. The van der Waals surface area contributed by atoms with Gasteiger partial charge in [0.05, 0.1) is 0 Å². The number of thioether (sulfide) groups is 1. The predicted molar refractivity (Wildman–Crippen MR) is 85.5 cm³/mol. The first-order valence-electron chi connectivity index (χ1n) is 5.86. The van der Waals surface area contributed by atoms with Gasteiger partial charge in [-0.3, -0.25) is 4.99 Å². The Morgan fingerprint density at radius 3 is 2.78 bits per heavy atom. The van der Waals surface area contributed by atoms with Crippen molar-refractivity contribution in [3.63, 3.8) is 0 Å². The van der Waals surface area contributed by atoms with Crippen molar-refractivity contribution in [1.29, 1.82) is 0 Å². The molecule has 0 amide bonds. The predicted octanol–water partition coefficient (Wildman–Crippen LogP) is 2.79. The molecule has 0 saturated carbocycles. The van der Waals surface area contributed by atoms with E-state index in [4.69, 9.17) is 0 Å². The third-order valence-corrected chi connectivity index (χ3v) is 3.68. The number of aryl methyl sites for hydroxylation is 1. The third-order valence-electron chi connectivity index (χ3n) is 2.57. The standard InChI is InChI=1S/C13H20BrN3S/c1-10-8-12(14)5-4-11(10)9-17-13(15-2)16-6-7-18-3/h4-5,8H,6-7,9H2,1-3H3,(H2,15,16,17). The molecular weight excluding hydrogens is 310 g/mol. The molecule has 0 unspecified atom stereocenters. The molecule has 5 heteroatoms. The van der Waals surface area contributed by atoms with Crippen LogP contribution in [0.15, 0.2) is 27.7 Å². The minimum Gasteiger partial charge on any atom is -0.356 e. The minimum absolute atomic E-state index is 0.790. The van der Waals surface area contributed by atoms with Crippen LogP contribution < -0.4 is 10.6 Å². The van der Waals surface area contributed by atoms with Crippen LogP contribution in [0.3, 0.4) is 0 Å². The number of benzene rings is 1. The second-order valence-corrected chi connectivity index (χ2v) is 5.82. The summed E-state index contributed by atoms with van der Waals surface area (Å²) in [5.74, 6) is 1.93. The van der Waals surface area contributed by atoms with Crippen molar-refractivity contribution in [2.75, 3.05) is 25.6 Å². The van der Waals surface area contributed by atoms with Gasteiger partial charge in [0, 0.05) is 30.4 Å². The number of hydrogen-bond acceptors (Lipinski definition) is 2. The molecule has 0 radical (unpaired) electrons. The fraction of sp³-hybridized carbons (Fsp3) is 0.462. The molecule has 0 aromatic heterocycles. The van der Waals surface area contributed by atoms with Crippen molar-refractivity contribution < 1.29 is 0 Å². The maximum atomic E-state index is 4.20. The fourth-order valence-electron chi connectivity index (χ4n) is 1.53. The Hall–Kier alpha value is -0.680. The monoisotopic (exact) mass is 329 g/mol. The summed E-state index contributed by atoms with van der Waals surface area (Å²) in [4.78, 5) is 4.20. The summed E-state index contributed by atoms with van der Waals surface area (Å²) in [7, 11) is 1.79. The second-order valence-electron chi connectivity index (χ2n) is 3.92. The van der Waals surface area contributed by atoms with Crippen LogP contribution in [0.1, 0.15) is 11.1 Å². The van der Waals surface area contributed by atoms with Crippen LogP contribution in [0.4, 0.5) is 0 Å². The lowest BCUT2D eigenvalue weighted by Crippen LogP contribution is -2.38. The van der Waals surface area contributed by atoms with Crippen LogP contribution in [0, 0.1) is 6.92 Å². The molecule has 3 nitrogen and oxygen atoms in total. The van der Waals surface area contributed by atoms with Crippen molar-refractivity contribution in [3.8, 4) is 0 Å². The topological polar surface area (TPSA) is 36.4 Å². The molecule has 1 rings (SSSR count). The van der Waals surface area contributed by atoms with Gasteiger partial charge in [0.1, 0.15) is 0 Å². The van der Waals surface area contributed by atoms with Gasteiger partial charge in [-0.2, -0.15) is 11.8 Å². The highest BCUT2D eigenvalue weighted by molar-refractivity contribution is 9.10. The number of guanidine groups is 1. The van der Waals surface area contributed by atoms with Crippen molar-refractivity contribution in [2.45, 2.75) is 13.5 Å². The quantitative estimate of drug-likeness (QED) is 0.495. The zero-order valence-electron chi connectivity index (χ0n) is 11.1. The van der Waals surface area contributed by atoms with E-state index in [0.29, 0.717) is 0 Å². The van der Waals surface area contributed by atoms with Crippen LogP contribution in [-0.2, 0) is 6.54 Å². The largest absolute Gasteiger partial charge is 0.356 e. The van der Waals surface area contributed by atoms with Gasteiger partial charge in [-0.1, -0.05) is 22.0 Å². The molecular formula is C13H20BrN3S. The summed E-state index contributed by atoms with van der Waals surface area (Å²) in [5, 5.41) is 6.60. The molecule has 0 fully saturated rings. The molecule has 1 aromatic carbocycles. The van der Waals surface area contributed by atoms with Crippen LogP contribution in [0.5, 0.6) is 0 Å². The van der Waals surface area contributed by atoms with E-state index < -0.39 is 0 Å². The van der Waals surface area contributed by atoms with Gasteiger partial charge in [0.25, 0.3) is 0 Å². The maximum Gasteiger partial charge on any atom is 0.191 e. The van der Waals surface area contributed by atoms with Gasteiger partial charge in [-0.25, -0.2) is 0 Å².